The van der Waals surface area contributed by atoms with E-state index in [1.807, 2.05) is 30.5 Å². The molecule has 110 valence electrons. The highest BCUT2D eigenvalue weighted by Gasteiger charge is 2.24. The van der Waals surface area contributed by atoms with Gasteiger partial charge >= 0.3 is 0 Å². The van der Waals surface area contributed by atoms with Crippen LogP contribution < -0.4 is 5.56 Å². The van der Waals surface area contributed by atoms with Crippen LogP contribution in [-0.2, 0) is 0 Å². The Bertz CT molecular complexity index is 954. The van der Waals surface area contributed by atoms with Gasteiger partial charge in [-0.05, 0) is 30.4 Å². The molecule has 0 spiro atoms. The number of fused-ring (bicyclic) bond motifs is 3. The number of nitrogens with zero attached hydrogens (tertiary/aromatic N) is 2. The van der Waals surface area contributed by atoms with E-state index in [0.29, 0.717) is 0 Å². The fraction of sp³-hybridized carbons (Fsp3) is 0.176. The van der Waals surface area contributed by atoms with Crippen LogP contribution in [-0.4, -0.2) is 9.55 Å². The van der Waals surface area contributed by atoms with Gasteiger partial charge in [-0.25, -0.2) is 0 Å². The van der Waals surface area contributed by atoms with Gasteiger partial charge in [0, 0.05) is 4.88 Å². The van der Waals surface area contributed by atoms with Gasteiger partial charge < -0.3 is 4.57 Å². The second-order valence-corrected chi connectivity index (χ2v) is 7.41. The molecule has 0 fully saturated rings. The van der Waals surface area contributed by atoms with Crippen LogP contribution in [0.25, 0.3) is 10.2 Å². The quantitative estimate of drug-likeness (QED) is 0.626. The first-order chi connectivity index (χ1) is 10.7. The summed E-state index contributed by atoms with van der Waals surface area (Å²) in [5.74, 6) is 0. The second-order valence-electron chi connectivity index (χ2n) is 5.33. The summed E-state index contributed by atoms with van der Waals surface area (Å²) in [6.07, 6.45) is 2.17. The predicted octanol–water partition coefficient (Wildman–Crippen LogP) is 4.28. The van der Waals surface area contributed by atoms with Gasteiger partial charge in [-0.1, -0.05) is 48.2 Å². The highest BCUT2D eigenvalue weighted by atomic mass is 32.2. The molecule has 0 aliphatic carbocycles. The summed E-state index contributed by atoms with van der Waals surface area (Å²) in [6, 6.07) is 10.4. The van der Waals surface area contributed by atoms with Crippen LogP contribution >= 0.6 is 23.1 Å². The number of hydrogen-bond acceptors (Lipinski definition) is 4. The summed E-state index contributed by atoms with van der Waals surface area (Å²) in [6.45, 7) is 4.07. The van der Waals surface area contributed by atoms with E-state index in [4.69, 9.17) is 0 Å². The number of benzene rings is 1. The maximum absolute atomic E-state index is 12.4. The molecule has 0 amide bonds. The lowest BCUT2D eigenvalue weighted by atomic mass is 10.1. The molecule has 1 aliphatic heterocycles. The fourth-order valence-electron chi connectivity index (χ4n) is 2.81. The number of rotatable bonds is 1. The van der Waals surface area contributed by atoms with Crippen LogP contribution in [0.3, 0.4) is 0 Å². The maximum Gasteiger partial charge on any atom is 0.282 e. The standard InChI is InChI=1S/C17H14N2OS2/c1-10-11(2)22-16-14(10)15(20)18-17-19(16)13(8-9-21-17)12-6-4-3-5-7-12/h3-9,13H,1-2H3. The first-order valence-electron chi connectivity index (χ1n) is 7.07. The Morgan fingerprint density at radius 3 is 2.73 bits per heavy atom. The zero-order valence-corrected chi connectivity index (χ0v) is 13.9. The Hall–Kier alpha value is -1.85. The van der Waals surface area contributed by atoms with Gasteiger partial charge in [-0.2, -0.15) is 4.98 Å². The number of hydrogen-bond donors (Lipinski definition) is 0. The van der Waals surface area contributed by atoms with Crippen molar-refractivity contribution in [1.29, 1.82) is 0 Å². The van der Waals surface area contributed by atoms with Crippen molar-refractivity contribution in [2.24, 2.45) is 0 Å². The van der Waals surface area contributed by atoms with E-state index >= 15 is 0 Å². The highest BCUT2D eigenvalue weighted by Crippen LogP contribution is 2.38. The number of aromatic nitrogens is 2. The third kappa shape index (κ3) is 1.96. The van der Waals surface area contributed by atoms with Crippen LogP contribution in [0.5, 0.6) is 0 Å². The summed E-state index contributed by atoms with van der Waals surface area (Å²) >= 11 is 3.19. The Kier molecular flexibility index (Phi) is 3.20. The van der Waals surface area contributed by atoms with Crippen molar-refractivity contribution in [3.63, 3.8) is 0 Å². The molecule has 1 aromatic carbocycles. The Morgan fingerprint density at radius 1 is 1.18 bits per heavy atom. The van der Waals surface area contributed by atoms with Crippen LogP contribution in [0.15, 0.2) is 51.8 Å². The average Bonchev–Trinajstić information content (AvgIpc) is 2.84. The Balaban J connectivity index is 2.07. The fourth-order valence-corrected chi connectivity index (χ4v) is 4.86. The lowest BCUT2D eigenvalue weighted by molar-refractivity contribution is 0.627. The number of thioether (sulfide) groups is 1. The molecule has 5 heteroatoms. The topological polar surface area (TPSA) is 34.9 Å². The summed E-state index contributed by atoms with van der Waals surface area (Å²) in [5, 5.41) is 3.57. The van der Waals surface area contributed by atoms with E-state index in [-0.39, 0.29) is 11.6 Å². The van der Waals surface area contributed by atoms with E-state index in [1.165, 1.54) is 22.2 Å². The maximum atomic E-state index is 12.4. The van der Waals surface area contributed by atoms with Crippen molar-refractivity contribution in [3.8, 4) is 0 Å². The summed E-state index contributed by atoms with van der Waals surface area (Å²) in [7, 11) is 0. The Labute approximate surface area is 136 Å². The number of thiophene rings is 1. The third-order valence-electron chi connectivity index (χ3n) is 4.06. The molecular weight excluding hydrogens is 312 g/mol. The molecule has 22 heavy (non-hydrogen) atoms. The second kappa shape index (κ2) is 5.11. The molecule has 3 heterocycles. The molecule has 0 bridgehead atoms. The van der Waals surface area contributed by atoms with E-state index in [2.05, 4.69) is 34.7 Å². The van der Waals surface area contributed by atoms with E-state index < -0.39 is 0 Å². The average molecular weight is 326 g/mol. The van der Waals surface area contributed by atoms with Crippen molar-refractivity contribution >= 4 is 33.3 Å². The van der Waals surface area contributed by atoms with Crippen LogP contribution in [0.2, 0.25) is 0 Å². The molecular formula is C17H14N2OS2. The summed E-state index contributed by atoms with van der Waals surface area (Å²) < 4.78 is 2.20. The summed E-state index contributed by atoms with van der Waals surface area (Å²) in [5.41, 5.74) is 2.15. The van der Waals surface area contributed by atoms with Gasteiger partial charge in [0.25, 0.3) is 5.56 Å². The number of aryl methyl sites for hydroxylation is 2. The predicted molar refractivity (Wildman–Crippen MR) is 92.9 cm³/mol. The number of allylic oxidation sites excluding steroid dienone is 1. The molecule has 0 radical (unpaired) electrons. The first kappa shape index (κ1) is 13.8. The van der Waals surface area contributed by atoms with Gasteiger partial charge in [0.2, 0.25) is 0 Å². The molecule has 3 aromatic rings. The molecule has 0 saturated heterocycles. The molecule has 1 aliphatic rings. The van der Waals surface area contributed by atoms with Gasteiger partial charge in [-0.3, -0.25) is 4.79 Å². The largest absolute Gasteiger partial charge is 0.300 e. The van der Waals surface area contributed by atoms with Crippen LogP contribution in [0.1, 0.15) is 22.0 Å². The van der Waals surface area contributed by atoms with Crippen molar-refractivity contribution in [1.82, 2.24) is 9.55 Å². The monoisotopic (exact) mass is 326 g/mol. The van der Waals surface area contributed by atoms with Gasteiger partial charge in [0.05, 0.1) is 11.4 Å². The van der Waals surface area contributed by atoms with Gasteiger partial charge in [-0.15, -0.1) is 11.3 Å². The zero-order chi connectivity index (χ0) is 15.3. The van der Waals surface area contributed by atoms with E-state index in [1.54, 1.807) is 11.3 Å². The van der Waals surface area contributed by atoms with E-state index in [9.17, 15) is 4.79 Å². The lowest BCUT2D eigenvalue weighted by Crippen LogP contribution is -2.20. The molecule has 0 saturated carbocycles. The first-order valence-corrected chi connectivity index (χ1v) is 8.77. The van der Waals surface area contributed by atoms with Crippen molar-refractivity contribution in [3.05, 3.63) is 68.2 Å². The minimum atomic E-state index is -0.113. The normalized spacial score (nSPS) is 16.9. The smallest absolute Gasteiger partial charge is 0.282 e. The highest BCUT2D eigenvalue weighted by molar-refractivity contribution is 8.02. The molecule has 0 N–H and O–H groups in total. The third-order valence-corrected chi connectivity index (χ3v) is 6.05. The van der Waals surface area contributed by atoms with Crippen LogP contribution in [0, 0.1) is 13.8 Å². The minimum absolute atomic E-state index is 0.0884. The molecule has 2 aromatic heterocycles. The van der Waals surface area contributed by atoms with Gasteiger partial charge in [0.15, 0.2) is 5.16 Å². The van der Waals surface area contributed by atoms with Crippen molar-refractivity contribution < 1.29 is 0 Å². The SMILES string of the molecule is Cc1sc2c(c1C)c(=O)nc1n2C(c2ccccc2)C=CS1. The zero-order valence-electron chi connectivity index (χ0n) is 12.2. The van der Waals surface area contributed by atoms with Gasteiger partial charge in [0.1, 0.15) is 4.83 Å². The van der Waals surface area contributed by atoms with Crippen molar-refractivity contribution in [2.45, 2.75) is 25.0 Å². The molecule has 1 atom stereocenters. The lowest BCUT2D eigenvalue weighted by Gasteiger charge is -2.24. The minimum Gasteiger partial charge on any atom is -0.300 e. The molecule has 1 unspecified atom stereocenters. The Morgan fingerprint density at radius 2 is 1.95 bits per heavy atom. The molecule has 3 nitrogen and oxygen atoms in total. The van der Waals surface area contributed by atoms with Crippen molar-refractivity contribution in [2.75, 3.05) is 0 Å². The summed E-state index contributed by atoms with van der Waals surface area (Å²) in [4.78, 5) is 18.9. The van der Waals surface area contributed by atoms with E-state index in [0.717, 1.165) is 20.9 Å². The molecule has 4 rings (SSSR count). The van der Waals surface area contributed by atoms with Crippen LogP contribution in [0.4, 0.5) is 0 Å².